The Labute approximate surface area is 260 Å². The fourth-order valence-corrected chi connectivity index (χ4v) is 7.12. The highest BCUT2D eigenvalue weighted by Gasteiger charge is 2.29. The molecule has 1 aliphatic carbocycles. The highest BCUT2D eigenvalue weighted by molar-refractivity contribution is 7.18. The molecule has 0 radical (unpaired) electrons. The van der Waals surface area contributed by atoms with Crippen LogP contribution in [0.1, 0.15) is 82.2 Å². The summed E-state index contributed by atoms with van der Waals surface area (Å²) >= 11 is 1.58. The van der Waals surface area contributed by atoms with Crippen LogP contribution in [-0.4, -0.2) is 84.4 Å². The summed E-state index contributed by atoms with van der Waals surface area (Å²) in [5.41, 5.74) is 8.59. The molecule has 2 fully saturated rings. The van der Waals surface area contributed by atoms with Gasteiger partial charge in [-0.15, -0.1) is 11.3 Å². The summed E-state index contributed by atoms with van der Waals surface area (Å²) in [6.07, 6.45) is 8.64. The smallest absolute Gasteiger partial charge is 0.245 e. The molecular formula is C33H50N6O3S. The molecule has 9 nitrogen and oxygen atoms in total. The maximum atomic E-state index is 13.9. The maximum Gasteiger partial charge on any atom is 0.245 e. The molecule has 2 aromatic rings. The molecule has 2 aliphatic rings. The molecule has 0 bridgehead atoms. The van der Waals surface area contributed by atoms with E-state index in [0.717, 1.165) is 67.1 Å². The largest absolute Gasteiger partial charge is 0.366 e. The summed E-state index contributed by atoms with van der Waals surface area (Å²) in [7, 11) is 2.11. The molecule has 10 heteroatoms. The van der Waals surface area contributed by atoms with Crippen LogP contribution in [0.3, 0.4) is 0 Å². The third-order valence-electron chi connectivity index (χ3n) is 8.95. The van der Waals surface area contributed by atoms with Crippen LogP contribution in [0, 0.1) is 5.92 Å². The topological polar surface area (TPSA) is 121 Å². The Morgan fingerprint density at radius 1 is 1.09 bits per heavy atom. The average Bonchev–Trinajstić information content (AvgIpc) is 3.40. The normalized spacial score (nSPS) is 19.0. The highest BCUT2D eigenvalue weighted by atomic mass is 32.1. The molecule has 2 atom stereocenters. The van der Waals surface area contributed by atoms with Crippen molar-refractivity contribution in [1.29, 1.82) is 0 Å². The monoisotopic (exact) mass is 610 g/mol. The minimum absolute atomic E-state index is 0.139. The molecule has 1 saturated carbocycles. The van der Waals surface area contributed by atoms with E-state index >= 15 is 0 Å². The third kappa shape index (κ3) is 9.58. The number of benzene rings is 1. The van der Waals surface area contributed by atoms with Crippen LogP contribution in [0.2, 0.25) is 0 Å². The van der Waals surface area contributed by atoms with Crippen molar-refractivity contribution in [3.63, 3.8) is 0 Å². The number of primary amides is 1. The number of carbonyl (C=O) groups is 3. The van der Waals surface area contributed by atoms with Gasteiger partial charge in [-0.2, -0.15) is 0 Å². The molecule has 0 spiro atoms. The van der Waals surface area contributed by atoms with Crippen molar-refractivity contribution in [3.05, 3.63) is 40.4 Å². The number of rotatable bonds is 13. The van der Waals surface area contributed by atoms with Gasteiger partial charge in [-0.1, -0.05) is 52.2 Å². The number of thiazole rings is 1. The van der Waals surface area contributed by atoms with Crippen LogP contribution in [0.4, 0.5) is 0 Å². The van der Waals surface area contributed by atoms with Gasteiger partial charge in [0.1, 0.15) is 6.04 Å². The predicted molar refractivity (Wildman–Crippen MR) is 174 cm³/mol. The molecule has 236 valence electrons. The molecule has 1 saturated heterocycles. The number of hydrogen-bond donors (Lipinski definition) is 3. The molecule has 1 aliphatic heterocycles. The van der Waals surface area contributed by atoms with Gasteiger partial charge in [0.05, 0.1) is 15.2 Å². The van der Waals surface area contributed by atoms with Crippen LogP contribution in [0.15, 0.2) is 29.8 Å². The zero-order valence-electron chi connectivity index (χ0n) is 26.4. The Kier molecular flexibility index (Phi) is 12.1. The van der Waals surface area contributed by atoms with E-state index in [1.165, 1.54) is 12.0 Å². The lowest BCUT2D eigenvalue weighted by molar-refractivity contribution is -0.129. The molecule has 0 unspecified atom stereocenters. The first-order valence-electron chi connectivity index (χ1n) is 16.0. The van der Waals surface area contributed by atoms with Crippen LogP contribution >= 0.6 is 11.3 Å². The SMILES string of the molecule is CCC(=O)N[C@@H](Cc1nc2ccc(C(C)C)cc2s1)C(=O)N[C@@H](CC=C(CN1CCN(C)CC1)C(N)=O)C1CCCCC1. The second-order valence-corrected chi connectivity index (χ2v) is 13.7. The molecule has 3 amide bonds. The van der Waals surface area contributed by atoms with Crippen LogP contribution in [-0.2, 0) is 20.8 Å². The van der Waals surface area contributed by atoms with Crippen molar-refractivity contribution >= 4 is 39.3 Å². The molecule has 1 aromatic carbocycles. The van der Waals surface area contributed by atoms with Gasteiger partial charge in [-0.25, -0.2) is 4.98 Å². The second-order valence-electron chi connectivity index (χ2n) is 12.6. The summed E-state index contributed by atoms with van der Waals surface area (Å²) in [5.74, 6) is -0.0451. The van der Waals surface area contributed by atoms with E-state index < -0.39 is 11.9 Å². The Morgan fingerprint density at radius 2 is 1.81 bits per heavy atom. The number of carbonyl (C=O) groups excluding carboxylic acids is 3. The number of fused-ring (bicyclic) bond motifs is 1. The van der Waals surface area contributed by atoms with Crippen molar-refractivity contribution in [1.82, 2.24) is 25.4 Å². The van der Waals surface area contributed by atoms with Crippen molar-refractivity contribution in [2.75, 3.05) is 39.8 Å². The lowest BCUT2D eigenvalue weighted by Gasteiger charge is -2.33. The molecular weight excluding hydrogens is 560 g/mol. The molecule has 1 aromatic heterocycles. The number of piperazine rings is 1. The fourth-order valence-electron chi connectivity index (χ4n) is 6.06. The molecule has 2 heterocycles. The lowest BCUT2D eigenvalue weighted by Crippen LogP contribution is -2.52. The summed E-state index contributed by atoms with van der Waals surface area (Å²) in [6.45, 7) is 10.4. The van der Waals surface area contributed by atoms with E-state index in [1.54, 1.807) is 18.3 Å². The zero-order valence-corrected chi connectivity index (χ0v) is 27.2. The second kappa shape index (κ2) is 15.8. The lowest BCUT2D eigenvalue weighted by atomic mass is 9.82. The highest BCUT2D eigenvalue weighted by Crippen LogP contribution is 2.29. The summed E-state index contributed by atoms with van der Waals surface area (Å²) in [4.78, 5) is 48.1. The minimum Gasteiger partial charge on any atom is -0.366 e. The van der Waals surface area contributed by atoms with E-state index in [-0.39, 0.29) is 17.9 Å². The quantitative estimate of drug-likeness (QED) is 0.295. The van der Waals surface area contributed by atoms with Crippen LogP contribution < -0.4 is 16.4 Å². The summed E-state index contributed by atoms with van der Waals surface area (Å²) in [6, 6.07) is 5.44. The standard InChI is InChI=1S/C33H50N6O3S/c1-5-30(40)35-28(20-31-36-27-14-11-24(22(2)3)19-29(27)43-31)33(42)37-26(23-9-7-6-8-10-23)13-12-25(32(34)41)21-39-17-15-38(4)16-18-39/h11-12,14,19,22-23,26,28H,5-10,13,15-18,20-21H2,1-4H3,(H2,34,41)(H,35,40)(H,37,42)/t26-,28-/m0/s1. The Morgan fingerprint density at radius 3 is 2.47 bits per heavy atom. The minimum atomic E-state index is -0.728. The third-order valence-corrected chi connectivity index (χ3v) is 9.99. The van der Waals surface area contributed by atoms with Gasteiger partial charge in [0.15, 0.2) is 0 Å². The van der Waals surface area contributed by atoms with Gasteiger partial charge in [-0.3, -0.25) is 19.3 Å². The van der Waals surface area contributed by atoms with Gasteiger partial charge < -0.3 is 21.3 Å². The number of nitrogens with two attached hydrogens (primary N) is 1. The van der Waals surface area contributed by atoms with Crippen LogP contribution in [0.25, 0.3) is 10.2 Å². The van der Waals surface area contributed by atoms with E-state index in [9.17, 15) is 14.4 Å². The van der Waals surface area contributed by atoms with Gasteiger partial charge >= 0.3 is 0 Å². The zero-order chi connectivity index (χ0) is 30.9. The van der Waals surface area contributed by atoms with Crippen LogP contribution in [0.5, 0.6) is 0 Å². The fraction of sp³-hybridized carbons (Fsp3) is 0.636. The Hall–Kier alpha value is -2.82. The Balaban J connectivity index is 1.51. The first-order chi connectivity index (χ1) is 20.6. The number of nitrogens with zero attached hydrogens (tertiary/aromatic N) is 3. The van der Waals surface area contributed by atoms with Gasteiger partial charge in [-0.05, 0) is 55.8 Å². The molecule has 4 rings (SSSR count). The van der Waals surface area contributed by atoms with Crippen molar-refractivity contribution < 1.29 is 14.4 Å². The van der Waals surface area contributed by atoms with Crippen molar-refractivity contribution in [2.24, 2.45) is 11.7 Å². The summed E-state index contributed by atoms with van der Waals surface area (Å²) in [5, 5.41) is 7.08. The number of likely N-dealkylation sites (N-methyl/N-ethyl adjacent to an activating group) is 1. The predicted octanol–water partition coefficient (Wildman–Crippen LogP) is 3.97. The molecule has 43 heavy (non-hydrogen) atoms. The van der Waals surface area contributed by atoms with Gasteiger partial charge in [0, 0.05) is 57.2 Å². The van der Waals surface area contributed by atoms with Gasteiger partial charge in [0.2, 0.25) is 17.7 Å². The van der Waals surface area contributed by atoms with E-state index in [2.05, 4.69) is 53.5 Å². The van der Waals surface area contributed by atoms with Crippen molar-refractivity contribution in [3.8, 4) is 0 Å². The maximum absolute atomic E-state index is 13.9. The first-order valence-corrected chi connectivity index (χ1v) is 16.8. The van der Waals surface area contributed by atoms with E-state index in [4.69, 9.17) is 10.7 Å². The number of hydrogen-bond acceptors (Lipinski definition) is 7. The average molecular weight is 611 g/mol. The number of amides is 3. The number of nitrogens with one attached hydrogen (secondary N) is 2. The van der Waals surface area contributed by atoms with E-state index in [0.29, 0.717) is 43.2 Å². The van der Waals surface area contributed by atoms with E-state index in [1.807, 2.05) is 12.1 Å². The Bertz CT molecular complexity index is 1280. The molecule has 4 N–H and O–H groups in total. The van der Waals surface area contributed by atoms with Gasteiger partial charge in [0.25, 0.3) is 0 Å². The summed E-state index contributed by atoms with van der Waals surface area (Å²) < 4.78 is 1.09. The first kappa shape index (κ1) is 33.1. The van der Waals surface area contributed by atoms with Crippen molar-refractivity contribution in [2.45, 2.75) is 90.1 Å². The number of aromatic nitrogens is 1.